The van der Waals surface area contributed by atoms with Crippen molar-refractivity contribution in [2.24, 2.45) is 11.5 Å². The van der Waals surface area contributed by atoms with Crippen LogP contribution in [0, 0.1) is 5.82 Å². The molecule has 0 saturated carbocycles. The molecule has 1 fully saturated rings. The maximum Gasteiger partial charge on any atom is 0.315 e. The van der Waals surface area contributed by atoms with Gasteiger partial charge in [0.15, 0.2) is 0 Å². The Morgan fingerprint density at radius 1 is 1.48 bits per heavy atom. The number of rotatable bonds is 6. The Bertz CT molecular complexity index is 541. The topological polar surface area (TPSA) is 102 Å². The van der Waals surface area contributed by atoms with Crippen LogP contribution in [0.2, 0.25) is 0 Å². The van der Waals surface area contributed by atoms with Crippen LogP contribution in [-0.4, -0.2) is 41.9 Å². The Morgan fingerprint density at radius 2 is 2.26 bits per heavy atom. The van der Waals surface area contributed by atoms with Crippen molar-refractivity contribution < 1.29 is 19.0 Å². The second-order valence-corrected chi connectivity index (χ2v) is 5.69. The van der Waals surface area contributed by atoms with E-state index in [1.54, 1.807) is 11.0 Å². The van der Waals surface area contributed by atoms with Crippen molar-refractivity contribution in [3.05, 3.63) is 35.1 Å². The monoisotopic (exact) mass is 325 g/mol. The molecule has 1 aliphatic rings. The molecular weight excluding hydrogens is 301 g/mol. The summed E-state index contributed by atoms with van der Waals surface area (Å²) >= 11 is 0. The molecule has 1 aromatic carbocycles. The Hall–Kier alpha value is -1.70. The van der Waals surface area contributed by atoms with E-state index in [0.717, 1.165) is 5.56 Å². The number of benzene rings is 1. The number of ether oxygens (including phenoxy) is 1. The van der Waals surface area contributed by atoms with Gasteiger partial charge in [0.1, 0.15) is 5.82 Å². The number of likely N-dealkylation sites (tertiary alicyclic amines) is 1. The molecule has 2 atom stereocenters. The van der Waals surface area contributed by atoms with Gasteiger partial charge in [-0.1, -0.05) is 6.07 Å². The highest BCUT2D eigenvalue weighted by molar-refractivity contribution is 5.73. The molecular formula is C16H24FN3O3. The highest BCUT2D eigenvalue weighted by atomic mass is 19.1. The normalized spacial score (nSPS) is 21.4. The number of aliphatic hydroxyl groups is 1. The van der Waals surface area contributed by atoms with Gasteiger partial charge in [0.05, 0.1) is 12.1 Å². The molecule has 5 N–H and O–H groups in total. The number of aliphatic hydroxyl groups excluding tert-OH is 1. The molecule has 0 radical (unpaired) electrons. The molecule has 23 heavy (non-hydrogen) atoms. The van der Waals surface area contributed by atoms with Gasteiger partial charge in [-0.25, -0.2) is 9.18 Å². The molecule has 0 spiro atoms. The van der Waals surface area contributed by atoms with Crippen molar-refractivity contribution in [2.45, 2.75) is 38.0 Å². The first kappa shape index (κ1) is 17.7. The van der Waals surface area contributed by atoms with Crippen molar-refractivity contribution in [3.63, 3.8) is 0 Å². The fourth-order valence-corrected chi connectivity index (χ4v) is 3.03. The molecule has 1 heterocycles. The average molecular weight is 325 g/mol. The van der Waals surface area contributed by atoms with Gasteiger partial charge in [-0.2, -0.15) is 0 Å². The summed E-state index contributed by atoms with van der Waals surface area (Å²) in [6, 6.07) is 3.64. The zero-order valence-corrected chi connectivity index (χ0v) is 13.1. The van der Waals surface area contributed by atoms with Crippen molar-refractivity contribution in [3.8, 4) is 0 Å². The third-order valence-electron chi connectivity index (χ3n) is 4.18. The van der Waals surface area contributed by atoms with Gasteiger partial charge >= 0.3 is 6.03 Å². The zero-order valence-electron chi connectivity index (χ0n) is 13.1. The van der Waals surface area contributed by atoms with Crippen LogP contribution in [0.5, 0.6) is 0 Å². The minimum atomic E-state index is -0.504. The maximum absolute atomic E-state index is 13.4. The Labute approximate surface area is 135 Å². The summed E-state index contributed by atoms with van der Waals surface area (Å²) in [5, 5.41) is 8.84. The molecule has 0 aromatic heterocycles. The summed E-state index contributed by atoms with van der Waals surface area (Å²) in [6.45, 7) is 1.22. The lowest BCUT2D eigenvalue weighted by Crippen LogP contribution is -2.46. The largest absolute Gasteiger partial charge is 0.396 e. The number of carbonyl (C=O) groups excluding carboxylic acids is 1. The van der Waals surface area contributed by atoms with Gasteiger partial charge in [-0.05, 0) is 42.5 Å². The molecule has 6 nitrogen and oxygen atoms in total. The molecule has 128 valence electrons. The van der Waals surface area contributed by atoms with Crippen LogP contribution in [0.1, 0.15) is 36.4 Å². The van der Waals surface area contributed by atoms with E-state index in [2.05, 4.69) is 0 Å². The third kappa shape index (κ3) is 4.40. The Balaban J connectivity index is 2.21. The van der Waals surface area contributed by atoms with E-state index in [9.17, 15) is 9.18 Å². The van der Waals surface area contributed by atoms with Gasteiger partial charge in [-0.3, -0.25) is 0 Å². The van der Waals surface area contributed by atoms with Crippen LogP contribution >= 0.6 is 0 Å². The van der Waals surface area contributed by atoms with Crippen LogP contribution in [-0.2, 0) is 11.3 Å². The molecule has 1 aliphatic heterocycles. The fourth-order valence-electron chi connectivity index (χ4n) is 3.03. The van der Waals surface area contributed by atoms with Gasteiger partial charge in [-0.15, -0.1) is 0 Å². The first-order valence-corrected chi connectivity index (χ1v) is 7.83. The number of halogens is 1. The molecule has 2 unspecified atom stereocenters. The van der Waals surface area contributed by atoms with Gasteiger partial charge in [0.2, 0.25) is 0 Å². The molecule has 1 saturated heterocycles. The van der Waals surface area contributed by atoms with E-state index >= 15 is 0 Å². The van der Waals surface area contributed by atoms with Crippen molar-refractivity contribution in [2.75, 3.05) is 19.8 Å². The van der Waals surface area contributed by atoms with Gasteiger partial charge in [0, 0.05) is 26.3 Å². The first-order chi connectivity index (χ1) is 11.1. The summed E-state index contributed by atoms with van der Waals surface area (Å²) < 4.78 is 19.2. The van der Waals surface area contributed by atoms with E-state index in [4.69, 9.17) is 21.3 Å². The zero-order chi connectivity index (χ0) is 16.8. The number of amides is 2. The highest BCUT2D eigenvalue weighted by Gasteiger charge is 2.33. The van der Waals surface area contributed by atoms with Crippen LogP contribution in [0.15, 0.2) is 18.2 Å². The van der Waals surface area contributed by atoms with Crippen LogP contribution in [0.4, 0.5) is 9.18 Å². The Kier molecular flexibility index (Phi) is 6.32. The highest BCUT2D eigenvalue weighted by Crippen LogP contribution is 2.34. The fraction of sp³-hybridized carbons (Fsp3) is 0.562. The van der Waals surface area contributed by atoms with Crippen LogP contribution in [0.3, 0.4) is 0 Å². The molecule has 2 rings (SSSR count). The second-order valence-electron chi connectivity index (χ2n) is 5.69. The number of primary amides is 1. The molecule has 1 aromatic rings. The summed E-state index contributed by atoms with van der Waals surface area (Å²) in [5.74, 6) is -0.355. The predicted molar refractivity (Wildman–Crippen MR) is 84.0 cm³/mol. The number of piperidine rings is 1. The second kappa shape index (κ2) is 8.24. The average Bonchev–Trinajstić information content (AvgIpc) is 2.54. The van der Waals surface area contributed by atoms with Crippen molar-refractivity contribution >= 4 is 6.03 Å². The minimum Gasteiger partial charge on any atom is -0.396 e. The van der Waals surface area contributed by atoms with Crippen LogP contribution in [0.25, 0.3) is 0 Å². The lowest BCUT2D eigenvalue weighted by Gasteiger charge is -2.39. The van der Waals surface area contributed by atoms with Gasteiger partial charge in [0.25, 0.3) is 0 Å². The van der Waals surface area contributed by atoms with Gasteiger partial charge < -0.3 is 26.2 Å². The summed E-state index contributed by atoms with van der Waals surface area (Å²) in [7, 11) is 0. The minimum absolute atomic E-state index is 0.0298. The smallest absolute Gasteiger partial charge is 0.315 e. The summed E-state index contributed by atoms with van der Waals surface area (Å²) in [5.41, 5.74) is 12.7. The lowest BCUT2D eigenvalue weighted by atomic mass is 9.90. The molecule has 7 heteroatoms. The number of carbonyl (C=O) groups is 1. The van der Waals surface area contributed by atoms with E-state index < -0.39 is 6.03 Å². The van der Waals surface area contributed by atoms with Crippen molar-refractivity contribution in [1.82, 2.24) is 4.90 Å². The number of hydrogen-bond donors (Lipinski definition) is 3. The molecule has 0 aliphatic carbocycles. The maximum atomic E-state index is 13.4. The number of hydrogen-bond acceptors (Lipinski definition) is 4. The lowest BCUT2D eigenvalue weighted by molar-refractivity contribution is -0.00870. The predicted octanol–water partition coefficient (Wildman–Crippen LogP) is 1.27. The quantitative estimate of drug-likeness (QED) is 0.685. The van der Waals surface area contributed by atoms with Crippen LogP contribution < -0.4 is 11.5 Å². The van der Waals surface area contributed by atoms with Crippen molar-refractivity contribution in [1.29, 1.82) is 0 Å². The number of urea groups is 1. The first-order valence-electron chi connectivity index (χ1n) is 7.83. The number of nitrogens with two attached hydrogens (primary N) is 2. The van der Waals surface area contributed by atoms with E-state index in [-0.39, 0.29) is 31.1 Å². The number of nitrogens with zero attached hydrogens (tertiary/aromatic N) is 1. The van der Waals surface area contributed by atoms with E-state index in [1.165, 1.54) is 12.1 Å². The van der Waals surface area contributed by atoms with E-state index in [1.807, 2.05) is 0 Å². The SMILES string of the molecule is NCc1cc(F)ccc1C1CC(OCCCO)CCN1C(N)=O. The molecule has 2 amide bonds. The third-order valence-corrected chi connectivity index (χ3v) is 4.18. The summed E-state index contributed by atoms with van der Waals surface area (Å²) in [6.07, 6.45) is 1.81. The van der Waals surface area contributed by atoms with E-state index in [0.29, 0.717) is 38.0 Å². The molecule has 0 bridgehead atoms. The standard InChI is InChI=1S/C16H24FN3O3/c17-12-2-3-14(11(8-12)10-18)15-9-13(23-7-1-6-21)4-5-20(15)16(19)22/h2-3,8,13,15,21H,1,4-7,9-10,18H2,(H2,19,22). The summed E-state index contributed by atoms with van der Waals surface area (Å²) in [4.78, 5) is 13.3. The Morgan fingerprint density at radius 3 is 2.91 bits per heavy atom.